The van der Waals surface area contributed by atoms with E-state index >= 15 is 0 Å². The lowest BCUT2D eigenvalue weighted by atomic mass is 10.1. The molecule has 20 heavy (non-hydrogen) atoms. The Morgan fingerprint density at radius 3 is 2.95 bits per heavy atom. The summed E-state index contributed by atoms with van der Waals surface area (Å²) in [6.45, 7) is 2.63. The van der Waals surface area contributed by atoms with Crippen LogP contribution in [0.1, 0.15) is 17.3 Å². The third-order valence-corrected chi connectivity index (χ3v) is 3.26. The number of aromatic nitrogens is 2. The fraction of sp³-hybridized carbons (Fsp3) is 0.286. The van der Waals surface area contributed by atoms with Crippen LogP contribution in [0, 0.1) is 0 Å². The fourth-order valence-electron chi connectivity index (χ4n) is 2.01. The maximum atomic E-state index is 12.4. The third-order valence-electron chi connectivity index (χ3n) is 3.02. The standard InChI is InChI=1S/C14H16ClN3O2/c1-2-18(6-7-19)14(20)12-9-16-17-13(12)10-4-3-5-11(15)8-10/h3-5,8-9,19H,2,6-7H2,1H3,(H,16,17). The number of hydrogen-bond donors (Lipinski definition) is 2. The van der Waals surface area contributed by atoms with Crippen molar-refractivity contribution in [3.05, 3.63) is 41.0 Å². The minimum absolute atomic E-state index is 0.0655. The van der Waals surface area contributed by atoms with Gasteiger partial charge in [-0.25, -0.2) is 0 Å². The van der Waals surface area contributed by atoms with E-state index in [0.29, 0.717) is 29.4 Å². The summed E-state index contributed by atoms with van der Waals surface area (Å²) >= 11 is 5.97. The second-order valence-electron chi connectivity index (χ2n) is 4.28. The molecule has 0 aliphatic rings. The minimum atomic E-state index is -0.162. The number of aromatic amines is 1. The van der Waals surface area contributed by atoms with Crippen LogP contribution in [0.25, 0.3) is 11.3 Å². The summed E-state index contributed by atoms with van der Waals surface area (Å²) in [6, 6.07) is 7.22. The summed E-state index contributed by atoms with van der Waals surface area (Å²) < 4.78 is 0. The normalized spacial score (nSPS) is 10.6. The SMILES string of the molecule is CCN(CCO)C(=O)c1cn[nH]c1-c1cccc(Cl)c1. The average Bonchev–Trinajstić information content (AvgIpc) is 2.93. The van der Waals surface area contributed by atoms with Crippen molar-refractivity contribution < 1.29 is 9.90 Å². The van der Waals surface area contributed by atoms with Crippen LogP contribution in [-0.4, -0.2) is 45.8 Å². The monoisotopic (exact) mass is 293 g/mol. The van der Waals surface area contributed by atoms with E-state index in [9.17, 15) is 4.79 Å². The molecule has 6 heteroatoms. The second-order valence-corrected chi connectivity index (χ2v) is 4.71. The first-order valence-electron chi connectivity index (χ1n) is 6.36. The van der Waals surface area contributed by atoms with Gasteiger partial charge in [0.05, 0.1) is 24.1 Å². The summed E-state index contributed by atoms with van der Waals surface area (Å²) in [5.41, 5.74) is 1.91. The molecule has 2 aromatic rings. The van der Waals surface area contributed by atoms with Crippen LogP contribution < -0.4 is 0 Å². The van der Waals surface area contributed by atoms with Crippen molar-refractivity contribution in [1.82, 2.24) is 15.1 Å². The summed E-state index contributed by atoms with van der Waals surface area (Å²) in [7, 11) is 0. The maximum absolute atomic E-state index is 12.4. The number of rotatable bonds is 5. The van der Waals surface area contributed by atoms with Crippen LogP contribution in [0.2, 0.25) is 5.02 Å². The van der Waals surface area contributed by atoms with Crippen molar-refractivity contribution in [1.29, 1.82) is 0 Å². The number of aliphatic hydroxyl groups excluding tert-OH is 1. The first-order valence-corrected chi connectivity index (χ1v) is 6.74. The molecule has 0 atom stereocenters. The van der Waals surface area contributed by atoms with Crippen molar-refractivity contribution in [2.45, 2.75) is 6.92 Å². The van der Waals surface area contributed by atoms with E-state index < -0.39 is 0 Å². The Hall–Kier alpha value is -1.85. The van der Waals surface area contributed by atoms with Crippen LogP contribution in [0.4, 0.5) is 0 Å². The molecule has 0 saturated heterocycles. The smallest absolute Gasteiger partial charge is 0.257 e. The van der Waals surface area contributed by atoms with Gasteiger partial charge >= 0.3 is 0 Å². The van der Waals surface area contributed by atoms with E-state index in [2.05, 4.69) is 10.2 Å². The molecular weight excluding hydrogens is 278 g/mol. The number of nitrogens with one attached hydrogen (secondary N) is 1. The molecule has 0 spiro atoms. The zero-order chi connectivity index (χ0) is 14.5. The van der Waals surface area contributed by atoms with E-state index in [-0.39, 0.29) is 12.5 Å². The van der Waals surface area contributed by atoms with Gasteiger partial charge in [0.15, 0.2) is 0 Å². The molecule has 0 bridgehead atoms. The zero-order valence-corrected chi connectivity index (χ0v) is 11.9. The van der Waals surface area contributed by atoms with Crippen LogP contribution >= 0.6 is 11.6 Å². The topological polar surface area (TPSA) is 69.2 Å². The molecule has 1 aromatic carbocycles. The van der Waals surface area contributed by atoms with E-state index in [1.54, 1.807) is 17.0 Å². The van der Waals surface area contributed by atoms with E-state index in [1.165, 1.54) is 6.20 Å². The number of carbonyl (C=O) groups excluding carboxylic acids is 1. The van der Waals surface area contributed by atoms with Crippen LogP contribution in [0.3, 0.4) is 0 Å². The highest BCUT2D eigenvalue weighted by Gasteiger charge is 2.20. The maximum Gasteiger partial charge on any atom is 0.257 e. The highest BCUT2D eigenvalue weighted by atomic mass is 35.5. The highest BCUT2D eigenvalue weighted by Crippen LogP contribution is 2.24. The lowest BCUT2D eigenvalue weighted by molar-refractivity contribution is 0.0733. The van der Waals surface area contributed by atoms with Gasteiger partial charge in [0.25, 0.3) is 5.91 Å². The number of carbonyl (C=O) groups is 1. The molecule has 0 unspecified atom stereocenters. The van der Waals surface area contributed by atoms with Crippen molar-refractivity contribution >= 4 is 17.5 Å². The molecule has 0 aliphatic heterocycles. The van der Waals surface area contributed by atoms with Crippen LogP contribution in [0.15, 0.2) is 30.5 Å². The van der Waals surface area contributed by atoms with Crippen molar-refractivity contribution in [2.24, 2.45) is 0 Å². The molecule has 1 amide bonds. The Morgan fingerprint density at radius 1 is 1.50 bits per heavy atom. The summed E-state index contributed by atoms with van der Waals surface area (Å²) in [5.74, 6) is -0.162. The predicted molar refractivity (Wildman–Crippen MR) is 77.7 cm³/mol. The third kappa shape index (κ3) is 3.00. The number of nitrogens with zero attached hydrogens (tertiary/aromatic N) is 2. The fourth-order valence-corrected chi connectivity index (χ4v) is 2.20. The Bertz CT molecular complexity index is 598. The van der Waals surface area contributed by atoms with Gasteiger partial charge in [-0.15, -0.1) is 0 Å². The largest absolute Gasteiger partial charge is 0.395 e. The molecule has 2 N–H and O–H groups in total. The van der Waals surface area contributed by atoms with Gasteiger partial charge in [0.2, 0.25) is 0 Å². The number of amides is 1. The van der Waals surface area contributed by atoms with Crippen molar-refractivity contribution in [2.75, 3.05) is 19.7 Å². The average molecular weight is 294 g/mol. The molecule has 5 nitrogen and oxygen atoms in total. The highest BCUT2D eigenvalue weighted by molar-refractivity contribution is 6.30. The summed E-state index contributed by atoms with van der Waals surface area (Å²) in [5, 5.41) is 16.4. The summed E-state index contributed by atoms with van der Waals surface area (Å²) in [6.07, 6.45) is 1.50. The molecular formula is C14H16ClN3O2. The van der Waals surface area contributed by atoms with E-state index in [1.807, 2.05) is 19.1 Å². The van der Waals surface area contributed by atoms with Gasteiger partial charge in [-0.3, -0.25) is 9.89 Å². The lowest BCUT2D eigenvalue weighted by Gasteiger charge is -2.19. The number of halogens is 1. The Kier molecular flexibility index (Phi) is 4.76. The lowest BCUT2D eigenvalue weighted by Crippen LogP contribution is -2.33. The molecule has 0 saturated carbocycles. The molecule has 0 aliphatic carbocycles. The Labute approximate surface area is 122 Å². The molecule has 106 valence electrons. The molecule has 0 fully saturated rings. The number of likely N-dealkylation sites (N-methyl/N-ethyl adjacent to an activating group) is 1. The van der Waals surface area contributed by atoms with E-state index in [4.69, 9.17) is 16.7 Å². The van der Waals surface area contributed by atoms with E-state index in [0.717, 1.165) is 5.56 Å². The Balaban J connectivity index is 2.35. The molecule has 2 rings (SSSR count). The number of H-pyrrole nitrogens is 1. The predicted octanol–water partition coefficient (Wildman–Crippen LogP) is 2.18. The van der Waals surface area contributed by atoms with Gasteiger partial charge in [0.1, 0.15) is 0 Å². The van der Waals surface area contributed by atoms with Gasteiger partial charge in [-0.05, 0) is 19.1 Å². The Morgan fingerprint density at radius 2 is 2.30 bits per heavy atom. The molecule has 1 heterocycles. The van der Waals surface area contributed by atoms with Crippen molar-refractivity contribution in [3.8, 4) is 11.3 Å². The van der Waals surface area contributed by atoms with Crippen LogP contribution in [-0.2, 0) is 0 Å². The summed E-state index contributed by atoms with van der Waals surface area (Å²) in [4.78, 5) is 14.0. The zero-order valence-electron chi connectivity index (χ0n) is 11.1. The second kappa shape index (κ2) is 6.54. The number of hydrogen-bond acceptors (Lipinski definition) is 3. The van der Waals surface area contributed by atoms with Crippen LogP contribution in [0.5, 0.6) is 0 Å². The molecule has 1 aromatic heterocycles. The number of aliphatic hydroxyl groups is 1. The quantitative estimate of drug-likeness (QED) is 0.888. The van der Waals surface area contributed by atoms with Gasteiger partial charge in [-0.2, -0.15) is 5.10 Å². The van der Waals surface area contributed by atoms with Gasteiger partial charge < -0.3 is 10.0 Å². The first-order chi connectivity index (χ1) is 9.67. The van der Waals surface area contributed by atoms with Crippen molar-refractivity contribution in [3.63, 3.8) is 0 Å². The minimum Gasteiger partial charge on any atom is -0.395 e. The first kappa shape index (κ1) is 14.6. The number of benzene rings is 1. The van der Waals surface area contributed by atoms with Gasteiger partial charge in [0, 0.05) is 23.7 Å². The van der Waals surface area contributed by atoms with Gasteiger partial charge in [-0.1, -0.05) is 23.7 Å². The molecule has 0 radical (unpaired) electrons.